The lowest BCUT2D eigenvalue weighted by molar-refractivity contribution is 0.100. The van der Waals surface area contributed by atoms with Gasteiger partial charge in [0, 0.05) is 17.6 Å². The normalized spacial score (nSPS) is 13.3. The Balaban J connectivity index is 1.52. The minimum absolute atomic E-state index is 0.162. The lowest BCUT2D eigenvalue weighted by Gasteiger charge is -2.15. The molecule has 2 amide bonds. The summed E-state index contributed by atoms with van der Waals surface area (Å²) in [6, 6.07) is 18.4. The van der Waals surface area contributed by atoms with Crippen LogP contribution in [0.5, 0.6) is 0 Å². The lowest BCUT2D eigenvalue weighted by atomic mass is 9.94. The van der Waals surface area contributed by atoms with E-state index in [0.717, 1.165) is 33.3 Å². The highest BCUT2D eigenvalue weighted by Crippen LogP contribution is 2.36. The molecule has 1 aliphatic heterocycles. The molecule has 2 aromatic heterocycles. The minimum atomic E-state index is -0.989. The standard InChI is InChI=1S/C29H23N5O4/c1-16-18(6-4-8-25(16)34-15-31-23-7-3-2-5-20(23)28(34)36)19-9-10-21(27(30)35)26-22(19)13-24(32-26)17-11-12-33(14-17)29(37)38/h2-11,13,15,32H,12,14H2,1H3,(H2,30,35)(H,37,38). The van der Waals surface area contributed by atoms with Crippen molar-refractivity contribution in [1.82, 2.24) is 19.4 Å². The van der Waals surface area contributed by atoms with Gasteiger partial charge in [-0.25, -0.2) is 9.78 Å². The lowest BCUT2D eigenvalue weighted by Crippen LogP contribution is -2.26. The predicted octanol–water partition coefficient (Wildman–Crippen LogP) is 4.32. The average molecular weight is 506 g/mol. The molecule has 0 bridgehead atoms. The molecule has 3 aromatic carbocycles. The van der Waals surface area contributed by atoms with Crippen LogP contribution in [0.4, 0.5) is 4.79 Å². The zero-order chi connectivity index (χ0) is 26.6. The maximum atomic E-state index is 13.3. The number of fused-ring (bicyclic) bond motifs is 2. The number of nitrogens with two attached hydrogens (primary N) is 1. The molecule has 0 radical (unpaired) electrons. The summed E-state index contributed by atoms with van der Waals surface area (Å²) >= 11 is 0. The fraction of sp³-hybridized carbons (Fsp3) is 0.103. The van der Waals surface area contributed by atoms with Gasteiger partial charge in [0.25, 0.3) is 11.5 Å². The van der Waals surface area contributed by atoms with Gasteiger partial charge in [-0.15, -0.1) is 0 Å². The van der Waals surface area contributed by atoms with Gasteiger partial charge in [-0.05, 0) is 59.5 Å². The number of para-hydroxylation sites is 1. The molecule has 0 unspecified atom stereocenters. The van der Waals surface area contributed by atoms with Gasteiger partial charge in [0.15, 0.2) is 0 Å². The van der Waals surface area contributed by atoms with E-state index in [1.807, 2.05) is 55.5 Å². The van der Waals surface area contributed by atoms with E-state index in [1.54, 1.807) is 22.8 Å². The van der Waals surface area contributed by atoms with Crippen LogP contribution in [-0.2, 0) is 0 Å². The summed E-state index contributed by atoms with van der Waals surface area (Å²) in [5.41, 5.74) is 11.9. The summed E-state index contributed by atoms with van der Waals surface area (Å²) in [7, 11) is 0. The maximum absolute atomic E-state index is 13.3. The van der Waals surface area contributed by atoms with Crippen molar-refractivity contribution in [2.45, 2.75) is 6.92 Å². The van der Waals surface area contributed by atoms with Crippen molar-refractivity contribution < 1.29 is 14.7 Å². The Labute approximate surface area is 216 Å². The predicted molar refractivity (Wildman–Crippen MR) is 145 cm³/mol. The van der Waals surface area contributed by atoms with Gasteiger partial charge in [0.2, 0.25) is 0 Å². The SMILES string of the molecule is Cc1c(-c2ccc(C(N)=O)c3[nH]c(C4=CCN(C(=O)O)C4)cc23)cccc1-n1cnc2ccccc2c1=O. The van der Waals surface area contributed by atoms with E-state index < -0.39 is 12.0 Å². The summed E-state index contributed by atoms with van der Waals surface area (Å²) in [4.78, 5) is 46.0. The van der Waals surface area contributed by atoms with Gasteiger partial charge in [-0.3, -0.25) is 14.2 Å². The number of nitrogens with one attached hydrogen (secondary N) is 1. The summed E-state index contributed by atoms with van der Waals surface area (Å²) in [6.45, 7) is 2.49. The highest BCUT2D eigenvalue weighted by molar-refractivity contribution is 6.10. The molecule has 4 N–H and O–H groups in total. The van der Waals surface area contributed by atoms with Crippen LogP contribution >= 0.6 is 0 Å². The van der Waals surface area contributed by atoms with Crippen LogP contribution in [0.1, 0.15) is 21.6 Å². The molecule has 0 saturated carbocycles. The van der Waals surface area contributed by atoms with Crippen LogP contribution in [0, 0.1) is 6.92 Å². The first kappa shape index (κ1) is 23.2. The van der Waals surface area contributed by atoms with E-state index in [1.165, 1.54) is 11.2 Å². The van der Waals surface area contributed by atoms with E-state index in [-0.39, 0.29) is 12.1 Å². The molecule has 1 aliphatic rings. The molecule has 6 rings (SSSR count). The zero-order valence-electron chi connectivity index (χ0n) is 20.4. The number of carbonyl (C=O) groups is 2. The average Bonchev–Trinajstić information content (AvgIpc) is 3.57. The number of H-pyrrole nitrogens is 1. The number of rotatable bonds is 4. The molecule has 0 fully saturated rings. The number of benzene rings is 3. The fourth-order valence-corrected chi connectivity index (χ4v) is 5.15. The first-order chi connectivity index (χ1) is 18.3. The number of nitrogens with zero attached hydrogens (tertiary/aromatic N) is 3. The molecule has 9 nitrogen and oxygen atoms in total. The number of primary amides is 1. The molecule has 9 heteroatoms. The molecule has 3 heterocycles. The van der Waals surface area contributed by atoms with Crippen LogP contribution in [0.3, 0.4) is 0 Å². The Bertz CT molecular complexity index is 1880. The molecular weight excluding hydrogens is 482 g/mol. The highest BCUT2D eigenvalue weighted by Gasteiger charge is 2.23. The first-order valence-corrected chi connectivity index (χ1v) is 12.0. The summed E-state index contributed by atoms with van der Waals surface area (Å²) in [5, 5.41) is 10.7. The second-order valence-electron chi connectivity index (χ2n) is 9.28. The van der Waals surface area contributed by atoms with Crippen LogP contribution in [0.25, 0.3) is 44.2 Å². The van der Waals surface area contributed by atoms with Gasteiger partial charge in [-0.1, -0.05) is 36.4 Å². The molecule has 0 saturated heterocycles. The zero-order valence-corrected chi connectivity index (χ0v) is 20.4. The van der Waals surface area contributed by atoms with E-state index in [4.69, 9.17) is 5.73 Å². The van der Waals surface area contributed by atoms with Crippen molar-refractivity contribution in [2.24, 2.45) is 5.73 Å². The van der Waals surface area contributed by atoms with Gasteiger partial charge in [-0.2, -0.15) is 0 Å². The number of carboxylic acid groups (broad SMARTS) is 1. The molecule has 5 aromatic rings. The largest absolute Gasteiger partial charge is 0.465 e. The van der Waals surface area contributed by atoms with Crippen LogP contribution in [0.15, 0.2) is 77.9 Å². The van der Waals surface area contributed by atoms with Crippen LogP contribution in [-0.4, -0.2) is 49.6 Å². The number of hydrogen-bond acceptors (Lipinski definition) is 4. The van der Waals surface area contributed by atoms with Gasteiger partial charge in [0.1, 0.15) is 6.33 Å². The Morgan fingerprint density at radius 1 is 1.03 bits per heavy atom. The number of aromatic nitrogens is 3. The number of aromatic amines is 1. The van der Waals surface area contributed by atoms with Crippen molar-refractivity contribution in [3.8, 4) is 16.8 Å². The number of amides is 2. The summed E-state index contributed by atoms with van der Waals surface area (Å²) in [6.07, 6.45) is 2.40. The minimum Gasteiger partial charge on any atom is -0.465 e. The Kier molecular flexibility index (Phi) is 5.34. The van der Waals surface area contributed by atoms with Crippen molar-refractivity contribution in [3.63, 3.8) is 0 Å². The molecule has 0 aliphatic carbocycles. The maximum Gasteiger partial charge on any atom is 0.407 e. The molecule has 0 spiro atoms. The number of hydrogen-bond donors (Lipinski definition) is 3. The monoisotopic (exact) mass is 505 g/mol. The van der Waals surface area contributed by atoms with Crippen molar-refractivity contribution in [1.29, 1.82) is 0 Å². The second-order valence-corrected chi connectivity index (χ2v) is 9.28. The van der Waals surface area contributed by atoms with Crippen molar-refractivity contribution >= 4 is 39.4 Å². The van der Waals surface area contributed by atoms with Crippen LogP contribution < -0.4 is 11.3 Å². The highest BCUT2D eigenvalue weighted by atomic mass is 16.4. The smallest absolute Gasteiger partial charge is 0.407 e. The van der Waals surface area contributed by atoms with Crippen molar-refractivity contribution in [3.05, 3.63) is 100 Å². The Morgan fingerprint density at radius 2 is 1.84 bits per heavy atom. The fourth-order valence-electron chi connectivity index (χ4n) is 5.15. The molecular formula is C29H23N5O4. The van der Waals surface area contributed by atoms with Gasteiger partial charge in [0.05, 0.1) is 34.2 Å². The van der Waals surface area contributed by atoms with E-state index in [2.05, 4.69) is 9.97 Å². The van der Waals surface area contributed by atoms with Gasteiger partial charge >= 0.3 is 6.09 Å². The first-order valence-electron chi connectivity index (χ1n) is 12.0. The summed E-state index contributed by atoms with van der Waals surface area (Å²) < 4.78 is 1.54. The molecule has 0 atom stereocenters. The molecule has 38 heavy (non-hydrogen) atoms. The third-order valence-corrected chi connectivity index (χ3v) is 7.12. The van der Waals surface area contributed by atoms with E-state index >= 15 is 0 Å². The van der Waals surface area contributed by atoms with Gasteiger partial charge < -0.3 is 20.7 Å². The van der Waals surface area contributed by atoms with E-state index in [0.29, 0.717) is 34.2 Å². The quantitative estimate of drug-likeness (QED) is 0.334. The third kappa shape index (κ3) is 3.64. The Hall–Kier alpha value is -5.18. The number of carbonyl (C=O) groups excluding carboxylic acids is 1. The third-order valence-electron chi connectivity index (χ3n) is 7.12. The topological polar surface area (TPSA) is 134 Å². The summed E-state index contributed by atoms with van der Waals surface area (Å²) in [5.74, 6) is -0.568. The van der Waals surface area contributed by atoms with Crippen LogP contribution in [0.2, 0.25) is 0 Å². The second kappa shape index (κ2) is 8.74. The van der Waals surface area contributed by atoms with E-state index in [9.17, 15) is 19.5 Å². The van der Waals surface area contributed by atoms with Crippen molar-refractivity contribution in [2.75, 3.05) is 13.1 Å². The molecule has 188 valence electrons. The Morgan fingerprint density at radius 3 is 2.61 bits per heavy atom.